The van der Waals surface area contributed by atoms with Crippen molar-refractivity contribution in [3.63, 3.8) is 0 Å². The van der Waals surface area contributed by atoms with E-state index in [1.54, 1.807) is 12.1 Å². The summed E-state index contributed by atoms with van der Waals surface area (Å²) in [6.07, 6.45) is 0. The highest BCUT2D eigenvalue weighted by Gasteiger charge is 2.12. The van der Waals surface area contributed by atoms with Gasteiger partial charge in [0.05, 0.1) is 18.7 Å². The van der Waals surface area contributed by atoms with Crippen molar-refractivity contribution in [2.45, 2.75) is 6.54 Å². The molecule has 0 aliphatic heterocycles. The first-order valence-corrected chi connectivity index (χ1v) is 8.96. The minimum absolute atomic E-state index is 0.101. The van der Waals surface area contributed by atoms with Gasteiger partial charge in [0, 0.05) is 10.0 Å². The Hall–Kier alpha value is -2.93. The first-order chi connectivity index (χ1) is 13.0. The van der Waals surface area contributed by atoms with Gasteiger partial charge in [-0.15, -0.1) is 0 Å². The maximum atomic E-state index is 13.5. The number of amides is 2. The van der Waals surface area contributed by atoms with E-state index in [1.807, 2.05) is 30.3 Å². The SMILES string of the molecule is O=C(CNC(=O)c1ccccc1F)NCc1ccc(-c2ccc(Br)cc2)o1. The van der Waals surface area contributed by atoms with Crippen molar-refractivity contribution in [2.75, 3.05) is 6.54 Å². The van der Waals surface area contributed by atoms with Crippen LogP contribution >= 0.6 is 15.9 Å². The van der Waals surface area contributed by atoms with E-state index < -0.39 is 17.6 Å². The van der Waals surface area contributed by atoms with E-state index in [4.69, 9.17) is 4.42 Å². The molecule has 0 aliphatic carbocycles. The van der Waals surface area contributed by atoms with Crippen LogP contribution in [0.15, 0.2) is 69.6 Å². The lowest BCUT2D eigenvalue weighted by molar-refractivity contribution is -0.120. The number of halogens is 2. The third-order valence-corrected chi connectivity index (χ3v) is 4.31. The summed E-state index contributed by atoms with van der Waals surface area (Å²) in [6.45, 7) is -0.0711. The van der Waals surface area contributed by atoms with E-state index in [2.05, 4.69) is 26.6 Å². The van der Waals surface area contributed by atoms with Gasteiger partial charge in [-0.2, -0.15) is 0 Å². The number of hydrogen-bond acceptors (Lipinski definition) is 3. The van der Waals surface area contributed by atoms with Crippen molar-refractivity contribution < 1.29 is 18.4 Å². The summed E-state index contributed by atoms with van der Waals surface area (Å²) in [5.41, 5.74) is 0.823. The van der Waals surface area contributed by atoms with E-state index >= 15 is 0 Å². The average molecular weight is 431 g/mol. The number of benzene rings is 2. The molecule has 2 amide bonds. The second-order valence-corrected chi connectivity index (χ2v) is 6.63. The summed E-state index contributed by atoms with van der Waals surface area (Å²) < 4.78 is 20.2. The summed E-state index contributed by atoms with van der Waals surface area (Å²) in [4.78, 5) is 23.8. The van der Waals surface area contributed by atoms with Crippen molar-refractivity contribution in [1.29, 1.82) is 0 Å². The van der Waals surface area contributed by atoms with E-state index in [0.29, 0.717) is 11.5 Å². The molecule has 2 aromatic carbocycles. The molecule has 0 unspecified atom stereocenters. The number of carbonyl (C=O) groups excluding carboxylic acids is 2. The number of hydrogen-bond donors (Lipinski definition) is 2. The molecule has 0 bridgehead atoms. The lowest BCUT2D eigenvalue weighted by Crippen LogP contribution is -2.36. The van der Waals surface area contributed by atoms with E-state index in [-0.39, 0.29) is 18.7 Å². The predicted molar refractivity (Wildman–Crippen MR) is 102 cm³/mol. The number of nitrogens with one attached hydrogen (secondary N) is 2. The molecule has 0 saturated carbocycles. The van der Waals surface area contributed by atoms with Crippen LogP contribution in [-0.2, 0) is 11.3 Å². The predicted octanol–water partition coefficient (Wildman–Crippen LogP) is 3.89. The Labute approximate surface area is 163 Å². The van der Waals surface area contributed by atoms with Gasteiger partial charge >= 0.3 is 0 Å². The molecular formula is C20H16BrFN2O3. The molecule has 1 heterocycles. The van der Waals surface area contributed by atoms with E-state index in [9.17, 15) is 14.0 Å². The van der Waals surface area contributed by atoms with Crippen LogP contribution < -0.4 is 10.6 Å². The highest BCUT2D eigenvalue weighted by molar-refractivity contribution is 9.10. The van der Waals surface area contributed by atoms with Crippen LogP contribution in [0.1, 0.15) is 16.1 Å². The Balaban J connectivity index is 1.49. The molecule has 0 fully saturated rings. The van der Waals surface area contributed by atoms with Gasteiger partial charge < -0.3 is 15.1 Å². The van der Waals surface area contributed by atoms with Crippen molar-refractivity contribution >= 4 is 27.7 Å². The summed E-state index contributed by atoms with van der Waals surface area (Å²) in [5.74, 6) is -0.396. The van der Waals surface area contributed by atoms with Crippen LogP contribution in [0.25, 0.3) is 11.3 Å². The quantitative estimate of drug-likeness (QED) is 0.622. The molecule has 2 N–H and O–H groups in total. The fourth-order valence-electron chi connectivity index (χ4n) is 2.39. The lowest BCUT2D eigenvalue weighted by Gasteiger charge is -2.06. The monoisotopic (exact) mass is 430 g/mol. The van der Waals surface area contributed by atoms with Gasteiger partial charge in [-0.25, -0.2) is 4.39 Å². The Bertz CT molecular complexity index is 954. The van der Waals surface area contributed by atoms with Gasteiger partial charge in [0.25, 0.3) is 5.91 Å². The number of furan rings is 1. The average Bonchev–Trinajstić information content (AvgIpc) is 3.14. The fourth-order valence-corrected chi connectivity index (χ4v) is 2.66. The third-order valence-electron chi connectivity index (χ3n) is 3.78. The van der Waals surface area contributed by atoms with Crippen molar-refractivity contribution in [2.24, 2.45) is 0 Å². The lowest BCUT2D eigenvalue weighted by atomic mass is 10.2. The normalized spacial score (nSPS) is 10.4. The summed E-state index contributed by atoms with van der Waals surface area (Å²) in [6, 6.07) is 16.9. The first-order valence-electron chi connectivity index (χ1n) is 8.17. The molecule has 0 spiro atoms. The number of rotatable bonds is 6. The Morgan fingerprint density at radius 2 is 1.70 bits per heavy atom. The Kier molecular flexibility index (Phi) is 6.03. The first kappa shape index (κ1) is 18.8. The number of carbonyl (C=O) groups is 2. The van der Waals surface area contributed by atoms with Gasteiger partial charge in [0.15, 0.2) is 0 Å². The van der Waals surface area contributed by atoms with Crippen LogP contribution in [0.4, 0.5) is 4.39 Å². The molecule has 0 saturated heterocycles. The Morgan fingerprint density at radius 1 is 0.963 bits per heavy atom. The van der Waals surface area contributed by atoms with Crippen molar-refractivity contribution in [1.82, 2.24) is 10.6 Å². The second kappa shape index (κ2) is 8.64. The minimum atomic E-state index is -0.640. The van der Waals surface area contributed by atoms with E-state index in [1.165, 1.54) is 18.2 Å². The van der Waals surface area contributed by atoms with Crippen molar-refractivity contribution in [3.8, 4) is 11.3 Å². The second-order valence-electron chi connectivity index (χ2n) is 5.71. The molecule has 3 rings (SSSR count). The van der Waals surface area contributed by atoms with Gasteiger partial charge in [-0.3, -0.25) is 9.59 Å². The third kappa shape index (κ3) is 5.04. The molecule has 0 aliphatic rings. The highest BCUT2D eigenvalue weighted by atomic mass is 79.9. The zero-order valence-corrected chi connectivity index (χ0v) is 15.8. The summed E-state index contributed by atoms with van der Waals surface area (Å²) in [7, 11) is 0. The zero-order valence-electron chi connectivity index (χ0n) is 14.2. The fraction of sp³-hybridized carbons (Fsp3) is 0.100. The zero-order chi connectivity index (χ0) is 19.2. The van der Waals surface area contributed by atoms with Gasteiger partial charge in [0.2, 0.25) is 5.91 Å². The van der Waals surface area contributed by atoms with Crippen LogP contribution in [0, 0.1) is 5.82 Å². The maximum absolute atomic E-state index is 13.5. The molecular weight excluding hydrogens is 415 g/mol. The van der Waals surface area contributed by atoms with Gasteiger partial charge in [-0.05, 0) is 36.4 Å². The topological polar surface area (TPSA) is 71.3 Å². The molecule has 0 atom stereocenters. The smallest absolute Gasteiger partial charge is 0.254 e. The summed E-state index contributed by atoms with van der Waals surface area (Å²) in [5, 5.41) is 5.03. The van der Waals surface area contributed by atoms with E-state index in [0.717, 1.165) is 10.0 Å². The van der Waals surface area contributed by atoms with Crippen molar-refractivity contribution in [3.05, 3.63) is 82.3 Å². The van der Waals surface area contributed by atoms with Gasteiger partial charge in [0.1, 0.15) is 17.3 Å². The van der Waals surface area contributed by atoms with Crippen LogP contribution in [0.5, 0.6) is 0 Å². The molecule has 1 aromatic heterocycles. The molecule has 27 heavy (non-hydrogen) atoms. The molecule has 3 aromatic rings. The molecule has 138 valence electrons. The maximum Gasteiger partial charge on any atom is 0.254 e. The standard InChI is InChI=1S/C20H16BrFN2O3/c21-14-7-5-13(6-8-14)18-10-9-15(27-18)11-23-19(25)12-24-20(26)16-3-1-2-4-17(16)22/h1-10H,11-12H2,(H,23,25)(H,24,26). The minimum Gasteiger partial charge on any atom is -0.459 e. The van der Waals surface area contributed by atoms with Crippen LogP contribution in [0.3, 0.4) is 0 Å². The van der Waals surface area contributed by atoms with Crippen LogP contribution in [0.2, 0.25) is 0 Å². The molecule has 5 nitrogen and oxygen atoms in total. The summed E-state index contributed by atoms with van der Waals surface area (Å²) >= 11 is 3.38. The van der Waals surface area contributed by atoms with Crippen LogP contribution in [-0.4, -0.2) is 18.4 Å². The Morgan fingerprint density at radius 3 is 2.44 bits per heavy atom. The highest BCUT2D eigenvalue weighted by Crippen LogP contribution is 2.23. The van der Waals surface area contributed by atoms with Gasteiger partial charge in [-0.1, -0.05) is 40.2 Å². The molecule has 7 heteroatoms. The largest absolute Gasteiger partial charge is 0.459 e. The molecule has 0 radical (unpaired) electrons.